The van der Waals surface area contributed by atoms with Gasteiger partial charge in [0.2, 0.25) is 0 Å². The number of hydrogen-bond acceptors (Lipinski definition) is 1. The van der Waals surface area contributed by atoms with Crippen LogP contribution in [-0.2, 0) is 6.42 Å². The number of rotatable bonds is 3. The van der Waals surface area contributed by atoms with Gasteiger partial charge in [-0.05, 0) is 40.8 Å². The third-order valence-electron chi connectivity index (χ3n) is 2.76. The van der Waals surface area contributed by atoms with Gasteiger partial charge in [0.25, 0.3) is 0 Å². The van der Waals surface area contributed by atoms with Crippen LogP contribution in [0.3, 0.4) is 0 Å². The number of ether oxygens (including phenoxy) is 1. The largest absolute Gasteiger partial charge is 0.497 e. The second-order valence-electron chi connectivity index (χ2n) is 4.65. The average Bonchev–Trinajstić information content (AvgIpc) is 2.27. The topological polar surface area (TPSA) is 9.23 Å². The van der Waals surface area contributed by atoms with Crippen molar-refractivity contribution < 1.29 is 4.74 Å². The molecule has 0 aliphatic heterocycles. The van der Waals surface area contributed by atoms with Crippen LogP contribution < -0.4 is 4.74 Å². The zero-order valence-corrected chi connectivity index (χ0v) is 10.2. The first-order valence-corrected chi connectivity index (χ1v) is 5.75. The molecule has 16 heavy (non-hydrogen) atoms. The van der Waals surface area contributed by atoms with E-state index in [9.17, 15) is 0 Å². The van der Waals surface area contributed by atoms with Crippen LogP contribution in [0.25, 0.3) is 10.8 Å². The van der Waals surface area contributed by atoms with Crippen molar-refractivity contribution >= 4 is 10.8 Å². The van der Waals surface area contributed by atoms with Gasteiger partial charge >= 0.3 is 0 Å². The van der Waals surface area contributed by atoms with Crippen LogP contribution in [0.15, 0.2) is 36.4 Å². The van der Waals surface area contributed by atoms with Crippen molar-refractivity contribution in [3.63, 3.8) is 0 Å². The smallest absolute Gasteiger partial charge is 0.119 e. The Bertz CT molecular complexity index is 486. The Hall–Kier alpha value is -1.50. The molecule has 2 aromatic rings. The molecule has 2 aromatic carbocycles. The molecule has 0 atom stereocenters. The lowest BCUT2D eigenvalue weighted by Gasteiger charge is -2.07. The van der Waals surface area contributed by atoms with Gasteiger partial charge in [-0.25, -0.2) is 0 Å². The normalized spacial score (nSPS) is 11.0. The van der Waals surface area contributed by atoms with Crippen molar-refractivity contribution in [1.29, 1.82) is 0 Å². The molecule has 0 radical (unpaired) electrons. The van der Waals surface area contributed by atoms with Crippen LogP contribution in [0.1, 0.15) is 19.4 Å². The van der Waals surface area contributed by atoms with Crippen molar-refractivity contribution in [3.05, 3.63) is 42.0 Å². The minimum absolute atomic E-state index is 0.697. The summed E-state index contributed by atoms with van der Waals surface area (Å²) in [5.74, 6) is 1.62. The average molecular weight is 214 g/mol. The van der Waals surface area contributed by atoms with Gasteiger partial charge in [0, 0.05) is 0 Å². The molecule has 2 rings (SSSR count). The molecule has 0 saturated carbocycles. The van der Waals surface area contributed by atoms with Crippen molar-refractivity contribution in [2.75, 3.05) is 7.11 Å². The van der Waals surface area contributed by atoms with E-state index in [0.29, 0.717) is 5.92 Å². The summed E-state index contributed by atoms with van der Waals surface area (Å²) < 4.78 is 5.24. The van der Waals surface area contributed by atoms with Gasteiger partial charge in [0.05, 0.1) is 7.11 Å². The highest BCUT2D eigenvalue weighted by molar-refractivity contribution is 5.84. The fourth-order valence-electron chi connectivity index (χ4n) is 2.00. The number of methoxy groups -OCH3 is 1. The highest BCUT2D eigenvalue weighted by Gasteiger charge is 2.01. The molecular weight excluding hydrogens is 196 g/mol. The third kappa shape index (κ3) is 2.35. The van der Waals surface area contributed by atoms with Gasteiger partial charge < -0.3 is 4.74 Å². The predicted octanol–water partition coefficient (Wildman–Crippen LogP) is 4.05. The van der Waals surface area contributed by atoms with Gasteiger partial charge in [-0.1, -0.05) is 38.1 Å². The van der Waals surface area contributed by atoms with Crippen LogP contribution in [0.2, 0.25) is 0 Å². The van der Waals surface area contributed by atoms with E-state index in [4.69, 9.17) is 4.74 Å². The number of fused-ring (bicyclic) bond motifs is 1. The Morgan fingerprint density at radius 2 is 1.75 bits per heavy atom. The number of hydrogen-bond donors (Lipinski definition) is 0. The van der Waals surface area contributed by atoms with E-state index >= 15 is 0 Å². The summed E-state index contributed by atoms with van der Waals surface area (Å²) in [5, 5.41) is 2.53. The van der Waals surface area contributed by atoms with Gasteiger partial charge in [-0.2, -0.15) is 0 Å². The van der Waals surface area contributed by atoms with E-state index < -0.39 is 0 Å². The molecule has 0 aromatic heterocycles. The van der Waals surface area contributed by atoms with Crippen LogP contribution in [-0.4, -0.2) is 7.11 Å². The van der Waals surface area contributed by atoms with E-state index in [0.717, 1.165) is 12.2 Å². The van der Waals surface area contributed by atoms with Gasteiger partial charge in [-0.15, -0.1) is 0 Å². The molecule has 0 heterocycles. The summed E-state index contributed by atoms with van der Waals surface area (Å²) in [6.07, 6.45) is 1.13. The third-order valence-corrected chi connectivity index (χ3v) is 2.76. The first-order chi connectivity index (χ1) is 7.69. The summed E-state index contributed by atoms with van der Waals surface area (Å²) in [4.78, 5) is 0. The Balaban J connectivity index is 2.42. The zero-order chi connectivity index (χ0) is 11.5. The first-order valence-electron chi connectivity index (χ1n) is 5.75. The predicted molar refractivity (Wildman–Crippen MR) is 69.0 cm³/mol. The summed E-state index contributed by atoms with van der Waals surface area (Å²) in [6, 6.07) is 12.9. The molecule has 0 aliphatic rings. The Labute approximate surface area is 97.1 Å². The van der Waals surface area contributed by atoms with Crippen LogP contribution in [0, 0.1) is 5.92 Å². The maximum absolute atomic E-state index is 5.24. The molecule has 0 amide bonds. The second kappa shape index (κ2) is 4.56. The maximum Gasteiger partial charge on any atom is 0.119 e. The van der Waals surface area contributed by atoms with Crippen molar-refractivity contribution in [3.8, 4) is 5.75 Å². The number of benzene rings is 2. The molecule has 1 nitrogen and oxygen atoms in total. The van der Waals surface area contributed by atoms with Crippen molar-refractivity contribution in [2.24, 2.45) is 5.92 Å². The van der Waals surface area contributed by atoms with Crippen LogP contribution in [0.4, 0.5) is 0 Å². The molecule has 0 N–H and O–H groups in total. The lowest BCUT2D eigenvalue weighted by atomic mass is 10.00. The van der Waals surface area contributed by atoms with E-state index in [1.165, 1.54) is 16.3 Å². The molecule has 0 bridgehead atoms. The second-order valence-corrected chi connectivity index (χ2v) is 4.65. The highest BCUT2D eigenvalue weighted by atomic mass is 16.5. The molecule has 0 unspecified atom stereocenters. The van der Waals surface area contributed by atoms with E-state index in [1.54, 1.807) is 7.11 Å². The summed E-state index contributed by atoms with van der Waals surface area (Å²) in [6.45, 7) is 4.49. The van der Waals surface area contributed by atoms with E-state index in [1.807, 2.05) is 6.07 Å². The van der Waals surface area contributed by atoms with E-state index in [2.05, 4.69) is 44.2 Å². The molecule has 84 valence electrons. The summed E-state index contributed by atoms with van der Waals surface area (Å²) in [5.41, 5.74) is 1.40. The Morgan fingerprint density at radius 3 is 2.44 bits per heavy atom. The lowest BCUT2D eigenvalue weighted by molar-refractivity contribution is 0.415. The molecule has 0 fully saturated rings. The van der Waals surface area contributed by atoms with Crippen molar-refractivity contribution in [2.45, 2.75) is 20.3 Å². The fourth-order valence-corrected chi connectivity index (χ4v) is 2.00. The quantitative estimate of drug-likeness (QED) is 0.749. The fraction of sp³-hybridized carbons (Fsp3) is 0.333. The molecule has 0 spiro atoms. The SMILES string of the molecule is COc1ccc2ccc(CC(C)C)cc2c1. The van der Waals surface area contributed by atoms with E-state index in [-0.39, 0.29) is 0 Å². The lowest BCUT2D eigenvalue weighted by Crippen LogP contribution is -1.93. The Kier molecular flexibility index (Phi) is 3.14. The summed E-state index contributed by atoms with van der Waals surface area (Å²) in [7, 11) is 1.71. The zero-order valence-electron chi connectivity index (χ0n) is 10.2. The van der Waals surface area contributed by atoms with Gasteiger partial charge in [-0.3, -0.25) is 0 Å². The Morgan fingerprint density at radius 1 is 1.00 bits per heavy atom. The van der Waals surface area contributed by atoms with Gasteiger partial charge in [0.1, 0.15) is 5.75 Å². The standard InChI is InChI=1S/C15H18O/c1-11(2)8-12-4-5-13-6-7-15(16-3)10-14(13)9-12/h4-7,9-11H,8H2,1-3H3. The molecule has 1 heteroatoms. The highest BCUT2D eigenvalue weighted by Crippen LogP contribution is 2.22. The molecule has 0 saturated heterocycles. The van der Waals surface area contributed by atoms with Gasteiger partial charge in [0.15, 0.2) is 0 Å². The minimum atomic E-state index is 0.697. The first kappa shape index (κ1) is 11.0. The summed E-state index contributed by atoms with van der Waals surface area (Å²) >= 11 is 0. The minimum Gasteiger partial charge on any atom is -0.497 e. The van der Waals surface area contributed by atoms with Crippen LogP contribution >= 0.6 is 0 Å². The molecular formula is C15H18O. The maximum atomic E-state index is 5.24. The van der Waals surface area contributed by atoms with Crippen molar-refractivity contribution in [1.82, 2.24) is 0 Å². The monoisotopic (exact) mass is 214 g/mol. The molecule has 0 aliphatic carbocycles. The van der Waals surface area contributed by atoms with Crippen LogP contribution in [0.5, 0.6) is 5.75 Å².